The van der Waals surface area contributed by atoms with E-state index < -0.39 is 16.4 Å². The molecule has 0 heterocycles. The number of halogens is 1. The van der Waals surface area contributed by atoms with E-state index in [-0.39, 0.29) is 5.56 Å². The van der Waals surface area contributed by atoms with E-state index >= 15 is 0 Å². The minimum absolute atomic E-state index is 0.147. The van der Waals surface area contributed by atoms with Crippen LogP contribution in [0.1, 0.15) is 5.56 Å². The van der Waals surface area contributed by atoms with Gasteiger partial charge in [0.05, 0.1) is 15.6 Å². The topological polar surface area (TPSA) is 78.6 Å². The van der Waals surface area contributed by atoms with Crippen molar-refractivity contribution in [2.75, 3.05) is 0 Å². The highest BCUT2D eigenvalue weighted by atomic mass is 35.5. The van der Waals surface area contributed by atoms with E-state index in [2.05, 4.69) is 4.99 Å². The molecule has 19 heavy (non-hydrogen) atoms. The SMILES string of the molecule is O=[N+]([O-])c1cccc(C=Nc2ccccc2Cl)c1[O-]. The Labute approximate surface area is 113 Å². The maximum atomic E-state index is 11.8. The Morgan fingerprint density at radius 3 is 2.58 bits per heavy atom. The number of nitrogens with zero attached hydrogens (tertiary/aromatic N) is 2. The van der Waals surface area contributed by atoms with Gasteiger partial charge in [0.1, 0.15) is 0 Å². The van der Waals surface area contributed by atoms with Crippen molar-refractivity contribution < 1.29 is 10.0 Å². The van der Waals surface area contributed by atoms with E-state index in [0.717, 1.165) is 6.07 Å². The van der Waals surface area contributed by atoms with Crippen LogP contribution in [0.15, 0.2) is 47.5 Å². The van der Waals surface area contributed by atoms with Gasteiger partial charge in [0.25, 0.3) is 5.69 Å². The van der Waals surface area contributed by atoms with E-state index in [9.17, 15) is 15.2 Å². The van der Waals surface area contributed by atoms with Gasteiger partial charge < -0.3 is 5.11 Å². The van der Waals surface area contributed by atoms with Gasteiger partial charge in [-0.05, 0) is 23.4 Å². The third kappa shape index (κ3) is 2.89. The average molecular weight is 276 g/mol. The fraction of sp³-hybridized carbons (Fsp3) is 0. The maximum Gasteiger partial charge on any atom is 0.262 e. The molecule has 0 bridgehead atoms. The molecule has 0 saturated heterocycles. The van der Waals surface area contributed by atoms with Crippen LogP contribution < -0.4 is 5.11 Å². The summed E-state index contributed by atoms with van der Waals surface area (Å²) in [5.41, 5.74) is 0.173. The molecule has 5 nitrogen and oxygen atoms in total. The molecule has 0 N–H and O–H groups in total. The van der Waals surface area contributed by atoms with E-state index in [1.807, 2.05) is 0 Å². The summed E-state index contributed by atoms with van der Waals surface area (Å²) in [6, 6.07) is 10.9. The van der Waals surface area contributed by atoms with Crippen molar-refractivity contribution in [2.45, 2.75) is 0 Å². The molecule has 0 aromatic heterocycles. The molecule has 0 atom stereocenters. The Hall–Kier alpha value is -2.40. The Balaban J connectivity index is 2.37. The van der Waals surface area contributed by atoms with Gasteiger partial charge in [-0.15, -0.1) is 0 Å². The van der Waals surface area contributed by atoms with Crippen molar-refractivity contribution in [2.24, 2.45) is 4.99 Å². The van der Waals surface area contributed by atoms with Crippen molar-refractivity contribution in [1.29, 1.82) is 0 Å². The van der Waals surface area contributed by atoms with Crippen LogP contribution in [0.3, 0.4) is 0 Å². The lowest BCUT2D eigenvalue weighted by molar-refractivity contribution is -0.398. The summed E-state index contributed by atoms with van der Waals surface area (Å²) >= 11 is 5.91. The van der Waals surface area contributed by atoms with E-state index in [1.165, 1.54) is 18.3 Å². The second-order valence-corrected chi connectivity index (χ2v) is 4.07. The summed E-state index contributed by atoms with van der Waals surface area (Å²) in [6.07, 6.45) is 1.27. The Kier molecular flexibility index (Phi) is 3.77. The normalized spacial score (nSPS) is 10.8. The predicted octanol–water partition coefficient (Wildman–Crippen LogP) is 3.07. The molecule has 0 spiro atoms. The molecule has 96 valence electrons. The first-order valence-corrected chi connectivity index (χ1v) is 5.70. The quantitative estimate of drug-likeness (QED) is 0.490. The lowest BCUT2D eigenvalue weighted by Gasteiger charge is -2.09. The number of rotatable bonds is 3. The number of para-hydroxylation sites is 2. The van der Waals surface area contributed by atoms with Crippen LogP contribution in [0.2, 0.25) is 5.02 Å². The van der Waals surface area contributed by atoms with Crippen LogP contribution in [0.25, 0.3) is 0 Å². The summed E-state index contributed by atoms with van der Waals surface area (Å²) in [7, 11) is 0. The summed E-state index contributed by atoms with van der Waals surface area (Å²) < 4.78 is 0. The molecule has 0 aliphatic rings. The molecular weight excluding hydrogens is 268 g/mol. The van der Waals surface area contributed by atoms with Gasteiger partial charge in [-0.25, -0.2) is 0 Å². The molecule has 0 amide bonds. The van der Waals surface area contributed by atoms with Gasteiger partial charge in [0.2, 0.25) is 0 Å². The largest absolute Gasteiger partial charge is 0.867 e. The second-order valence-electron chi connectivity index (χ2n) is 3.66. The van der Waals surface area contributed by atoms with Crippen LogP contribution in [0.4, 0.5) is 11.4 Å². The number of hydrogen-bond acceptors (Lipinski definition) is 4. The van der Waals surface area contributed by atoms with Gasteiger partial charge in [-0.3, -0.25) is 15.1 Å². The molecule has 0 saturated carbocycles. The van der Waals surface area contributed by atoms with Gasteiger partial charge >= 0.3 is 0 Å². The van der Waals surface area contributed by atoms with Crippen molar-refractivity contribution in [1.82, 2.24) is 0 Å². The molecule has 0 fully saturated rings. The Morgan fingerprint density at radius 2 is 1.89 bits per heavy atom. The molecule has 2 aromatic rings. The van der Waals surface area contributed by atoms with E-state index in [4.69, 9.17) is 11.6 Å². The lowest BCUT2D eigenvalue weighted by atomic mass is 10.2. The first-order valence-electron chi connectivity index (χ1n) is 5.32. The smallest absolute Gasteiger partial charge is 0.262 e. The first-order chi connectivity index (χ1) is 9.09. The summed E-state index contributed by atoms with van der Waals surface area (Å²) in [5.74, 6) is -0.664. The van der Waals surface area contributed by atoms with Crippen molar-refractivity contribution >= 4 is 29.2 Å². The second kappa shape index (κ2) is 5.49. The highest BCUT2D eigenvalue weighted by molar-refractivity contribution is 6.33. The molecule has 2 aromatic carbocycles. The molecule has 0 radical (unpaired) electrons. The maximum absolute atomic E-state index is 11.8. The van der Waals surface area contributed by atoms with Crippen LogP contribution in [-0.4, -0.2) is 11.1 Å². The highest BCUT2D eigenvalue weighted by Gasteiger charge is 2.08. The van der Waals surface area contributed by atoms with E-state index in [0.29, 0.717) is 10.7 Å². The van der Waals surface area contributed by atoms with Gasteiger partial charge in [-0.1, -0.05) is 35.9 Å². The molecular formula is C13H8ClN2O3-. The molecule has 0 aliphatic heterocycles. The number of nitro benzene ring substituents is 1. The third-order valence-corrected chi connectivity index (χ3v) is 2.74. The average Bonchev–Trinajstić information content (AvgIpc) is 2.39. The third-order valence-electron chi connectivity index (χ3n) is 2.42. The minimum Gasteiger partial charge on any atom is -0.867 e. The number of nitro groups is 1. The summed E-state index contributed by atoms with van der Waals surface area (Å²) in [6.45, 7) is 0. The fourth-order valence-corrected chi connectivity index (χ4v) is 1.67. The van der Waals surface area contributed by atoms with Gasteiger partial charge in [0, 0.05) is 12.3 Å². The van der Waals surface area contributed by atoms with Crippen molar-refractivity contribution in [3.8, 4) is 5.75 Å². The predicted molar refractivity (Wildman–Crippen MR) is 71.2 cm³/mol. The zero-order valence-electron chi connectivity index (χ0n) is 9.62. The molecule has 0 unspecified atom stereocenters. The monoisotopic (exact) mass is 275 g/mol. The van der Waals surface area contributed by atoms with Crippen LogP contribution in [0.5, 0.6) is 5.75 Å². The van der Waals surface area contributed by atoms with Crippen molar-refractivity contribution in [3.63, 3.8) is 0 Å². The zero-order valence-corrected chi connectivity index (χ0v) is 10.4. The summed E-state index contributed by atoms with van der Waals surface area (Å²) in [4.78, 5) is 14.0. The summed E-state index contributed by atoms with van der Waals surface area (Å²) in [5, 5.41) is 22.8. The minimum atomic E-state index is -0.713. The standard InChI is InChI=1S/C13H9ClN2O3/c14-10-5-1-2-6-11(10)15-8-9-4-3-7-12(13(9)17)16(18)19/h1-8,17H/p-1. The van der Waals surface area contributed by atoms with Crippen LogP contribution in [0, 0.1) is 10.1 Å². The first kappa shape index (κ1) is 13.0. The number of benzene rings is 2. The van der Waals surface area contributed by atoms with Crippen LogP contribution >= 0.6 is 11.6 Å². The zero-order chi connectivity index (χ0) is 13.8. The molecule has 2 rings (SSSR count). The number of aliphatic imine (C=N–C) groups is 1. The number of hydrogen-bond donors (Lipinski definition) is 0. The molecule has 6 heteroatoms. The Bertz CT molecular complexity index is 656. The van der Waals surface area contributed by atoms with Gasteiger partial charge in [0.15, 0.2) is 0 Å². The molecule has 0 aliphatic carbocycles. The van der Waals surface area contributed by atoms with Crippen LogP contribution in [-0.2, 0) is 0 Å². The Morgan fingerprint density at radius 1 is 1.16 bits per heavy atom. The fourth-order valence-electron chi connectivity index (χ4n) is 1.48. The van der Waals surface area contributed by atoms with Crippen molar-refractivity contribution in [3.05, 3.63) is 63.2 Å². The van der Waals surface area contributed by atoms with E-state index in [1.54, 1.807) is 24.3 Å². The highest BCUT2D eigenvalue weighted by Crippen LogP contribution is 2.27. The lowest BCUT2D eigenvalue weighted by Crippen LogP contribution is -2.01. The van der Waals surface area contributed by atoms with Gasteiger partial charge in [-0.2, -0.15) is 0 Å².